The van der Waals surface area contributed by atoms with Crippen LogP contribution in [0.2, 0.25) is 0 Å². The average molecular weight is 256 g/mol. The van der Waals surface area contributed by atoms with Crippen LogP contribution in [0.15, 0.2) is 48.5 Å². The van der Waals surface area contributed by atoms with Gasteiger partial charge in [0.15, 0.2) is 0 Å². The maximum absolute atomic E-state index is 11.0. The Hall–Kier alpha value is -2.62. The molecule has 0 aromatic heterocycles. The summed E-state index contributed by atoms with van der Waals surface area (Å²) in [5, 5.41) is 18.0. The third-order valence-corrected chi connectivity index (χ3v) is 2.74. The first-order valence-electron chi connectivity index (χ1n) is 5.71. The molecule has 0 atom stereocenters. The number of benzene rings is 2. The molecule has 4 nitrogen and oxygen atoms in total. The van der Waals surface area contributed by atoms with E-state index in [-0.39, 0.29) is 11.1 Å². The van der Waals surface area contributed by atoms with E-state index in [4.69, 9.17) is 10.2 Å². The highest BCUT2D eigenvalue weighted by Gasteiger charge is 2.11. The average Bonchev–Trinajstić information content (AvgIpc) is 2.39. The standard InChI is InChI=1S/C15H12O4/c16-14(17)12-7-11(8-13(9-12)15(18)19)6-10-4-2-1-3-5-10/h1-5,7-9H,6H2,(H,16,17)(H,18,19). The van der Waals surface area contributed by atoms with Crippen molar-refractivity contribution >= 4 is 11.9 Å². The van der Waals surface area contributed by atoms with E-state index in [0.29, 0.717) is 12.0 Å². The maximum atomic E-state index is 11.0. The molecule has 0 aliphatic heterocycles. The topological polar surface area (TPSA) is 74.6 Å². The second kappa shape index (κ2) is 5.35. The fourth-order valence-corrected chi connectivity index (χ4v) is 1.87. The van der Waals surface area contributed by atoms with Crippen molar-refractivity contribution in [2.45, 2.75) is 6.42 Å². The van der Waals surface area contributed by atoms with E-state index in [1.54, 1.807) is 0 Å². The molecule has 0 saturated carbocycles. The molecule has 0 aliphatic rings. The molecular weight excluding hydrogens is 244 g/mol. The Kier molecular flexibility index (Phi) is 3.61. The van der Waals surface area contributed by atoms with Crippen molar-refractivity contribution in [3.8, 4) is 0 Å². The summed E-state index contributed by atoms with van der Waals surface area (Å²) in [5.41, 5.74) is 1.65. The summed E-state index contributed by atoms with van der Waals surface area (Å²) in [6, 6.07) is 13.6. The molecular formula is C15H12O4. The summed E-state index contributed by atoms with van der Waals surface area (Å²) in [6.45, 7) is 0. The van der Waals surface area contributed by atoms with Crippen LogP contribution in [0.25, 0.3) is 0 Å². The molecule has 0 unspecified atom stereocenters. The van der Waals surface area contributed by atoms with Crippen molar-refractivity contribution in [1.82, 2.24) is 0 Å². The van der Waals surface area contributed by atoms with Gasteiger partial charge in [-0.15, -0.1) is 0 Å². The van der Waals surface area contributed by atoms with Crippen molar-refractivity contribution in [2.24, 2.45) is 0 Å². The van der Waals surface area contributed by atoms with Crippen molar-refractivity contribution in [1.29, 1.82) is 0 Å². The Bertz CT molecular complexity index is 585. The van der Waals surface area contributed by atoms with Gasteiger partial charge in [-0.3, -0.25) is 0 Å². The van der Waals surface area contributed by atoms with Gasteiger partial charge in [0.2, 0.25) is 0 Å². The number of carboxylic acids is 2. The van der Waals surface area contributed by atoms with Crippen molar-refractivity contribution in [3.05, 3.63) is 70.8 Å². The Morgan fingerprint density at radius 2 is 1.32 bits per heavy atom. The molecule has 0 radical (unpaired) electrons. The third-order valence-electron chi connectivity index (χ3n) is 2.74. The summed E-state index contributed by atoms with van der Waals surface area (Å²) in [4.78, 5) is 22.0. The van der Waals surface area contributed by atoms with Gasteiger partial charge in [0, 0.05) is 0 Å². The van der Waals surface area contributed by atoms with E-state index in [2.05, 4.69) is 0 Å². The Labute approximate surface area is 109 Å². The van der Waals surface area contributed by atoms with Gasteiger partial charge in [-0.2, -0.15) is 0 Å². The summed E-state index contributed by atoms with van der Waals surface area (Å²) >= 11 is 0. The molecule has 0 heterocycles. The fourth-order valence-electron chi connectivity index (χ4n) is 1.87. The summed E-state index contributed by atoms with van der Waals surface area (Å²) < 4.78 is 0. The van der Waals surface area contributed by atoms with Crippen LogP contribution in [0.4, 0.5) is 0 Å². The number of hydrogen-bond donors (Lipinski definition) is 2. The molecule has 96 valence electrons. The number of aromatic carboxylic acids is 2. The molecule has 2 rings (SSSR count). The van der Waals surface area contributed by atoms with E-state index in [1.165, 1.54) is 18.2 Å². The molecule has 2 N–H and O–H groups in total. The fraction of sp³-hybridized carbons (Fsp3) is 0.0667. The van der Waals surface area contributed by atoms with Gasteiger partial charge in [-0.1, -0.05) is 30.3 Å². The number of hydrogen-bond acceptors (Lipinski definition) is 2. The quantitative estimate of drug-likeness (QED) is 0.881. The van der Waals surface area contributed by atoms with Crippen LogP contribution < -0.4 is 0 Å². The monoisotopic (exact) mass is 256 g/mol. The van der Waals surface area contributed by atoms with Gasteiger partial charge in [-0.25, -0.2) is 9.59 Å². The van der Waals surface area contributed by atoms with E-state index in [1.807, 2.05) is 30.3 Å². The Balaban J connectivity index is 2.39. The van der Waals surface area contributed by atoms with E-state index < -0.39 is 11.9 Å². The lowest BCUT2D eigenvalue weighted by atomic mass is 10.00. The van der Waals surface area contributed by atoms with E-state index in [0.717, 1.165) is 5.56 Å². The number of rotatable bonds is 4. The Morgan fingerprint density at radius 1 is 0.789 bits per heavy atom. The largest absolute Gasteiger partial charge is 0.478 e. The molecule has 2 aromatic rings. The van der Waals surface area contributed by atoms with Gasteiger partial charge in [0.1, 0.15) is 0 Å². The molecule has 0 saturated heterocycles. The van der Waals surface area contributed by atoms with Crippen LogP contribution in [-0.2, 0) is 6.42 Å². The lowest BCUT2D eigenvalue weighted by Crippen LogP contribution is -2.04. The zero-order valence-electron chi connectivity index (χ0n) is 10.0. The first-order chi connectivity index (χ1) is 9.06. The summed E-state index contributed by atoms with van der Waals surface area (Å²) in [6.07, 6.45) is 0.502. The zero-order valence-corrected chi connectivity index (χ0v) is 10.0. The van der Waals surface area contributed by atoms with E-state index in [9.17, 15) is 9.59 Å². The van der Waals surface area contributed by atoms with Gasteiger partial charge in [-0.05, 0) is 35.7 Å². The van der Waals surface area contributed by atoms with Crippen LogP contribution in [0.3, 0.4) is 0 Å². The summed E-state index contributed by atoms with van der Waals surface area (Å²) in [5.74, 6) is -2.25. The predicted octanol–water partition coefficient (Wildman–Crippen LogP) is 2.67. The van der Waals surface area contributed by atoms with Crippen molar-refractivity contribution in [2.75, 3.05) is 0 Å². The molecule has 0 amide bonds. The lowest BCUT2D eigenvalue weighted by Gasteiger charge is -2.05. The van der Waals surface area contributed by atoms with Crippen LogP contribution in [0, 0.1) is 0 Å². The molecule has 19 heavy (non-hydrogen) atoms. The first-order valence-corrected chi connectivity index (χ1v) is 5.71. The number of carbonyl (C=O) groups is 2. The molecule has 0 aliphatic carbocycles. The minimum absolute atomic E-state index is 0.00849. The highest BCUT2D eigenvalue weighted by Crippen LogP contribution is 2.15. The SMILES string of the molecule is O=C(O)c1cc(Cc2ccccc2)cc(C(=O)O)c1. The van der Waals surface area contributed by atoms with Crippen LogP contribution in [0.5, 0.6) is 0 Å². The third kappa shape index (κ3) is 3.19. The van der Waals surface area contributed by atoms with Crippen LogP contribution >= 0.6 is 0 Å². The lowest BCUT2D eigenvalue weighted by molar-refractivity contribution is 0.0696. The van der Waals surface area contributed by atoms with Crippen LogP contribution in [0.1, 0.15) is 31.8 Å². The minimum atomic E-state index is -1.13. The highest BCUT2D eigenvalue weighted by atomic mass is 16.4. The summed E-state index contributed by atoms with van der Waals surface area (Å²) in [7, 11) is 0. The zero-order chi connectivity index (χ0) is 13.8. The Morgan fingerprint density at radius 3 is 1.79 bits per heavy atom. The van der Waals surface area contributed by atoms with Gasteiger partial charge >= 0.3 is 11.9 Å². The minimum Gasteiger partial charge on any atom is -0.478 e. The molecule has 0 spiro atoms. The molecule has 4 heteroatoms. The van der Waals surface area contributed by atoms with Gasteiger partial charge in [0.05, 0.1) is 11.1 Å². The second-order valence-electron chi connectivity index (χ2n) is 4.19. The van der Waals surface area contributed by atoms with E-state index >= 15 is 0 Å². The van der Waals surface area contributed by atoms with Crippen LogP contribution in [-0.4, -0.2) is 22.2 Å². The highest BCUT2D eigenvalue weighted by molar-refractivity contribution is 5.94. The molecule has 0 bridgehead atoms. The van der Waals surface area contributed by atoms with Crippen molar-refractivity contribution < 1.29 is 19.8 Å². The number of carboxylic acid groups (broad SMARTS) is 2. The van der Waals surface area contributed by atoms with Crippen molar-refractivity contribution in [3.63, 3.8) is 0 Å². The first kappa shape index (κ1) is 12.8. The predicted molar refractivity (Wildman–Crippen MR) is 69.6 cm³/mol. The van der Waals surface area contributed by atoms with Gasteiger partial charge in [0.25, 0.3) is 0 Å². The normalized spacial score (nSPS) is 10.1. The molecule has 2 aromatic carbocycles. The van der Waals surface area contributed by atoms with Gasteiger partial charge < -0.3 is 10.2 Å². The molecule has 0 fully saturated rings. The smallest absolute Gasteiger partial charge is 0.335 e. The maximum Gasteiger partial charge on any atom is 0.335 e. The second-order valence-corrected chi connectivity index (χ2v) is 4.19.